The molecule has 0 radical (unpaired) electrons. The molecule has 0 saturated heterocycles. The summed E-state index contributed by atoms with van der Waals surface area (Å²) in [6.07, 6.45) is 0.313. The number of amides is 1. The van der Waals surface area contributed by atoms with Crippen molar-refractivity contribution in [2.75, 3.05) is 24.3 Å². The van der Waals surface area contributed by atoms with E-state index in [9.17, 15) is 18.0 Å². The second kappa shape index (κ2) is 10.8. The summed E-state index contributed by atoms with van der Waals surface area (Å²) >= 11 is 0. The number of nitrogens with one attached hydrogen (secondary N) is 2. The summed E-state index contributed by atoms with van der Waals surface area (Å²) in [7, 11) is 3.98. The zero-order valence-corrected chi connectivity index (χ0v) is 19.0. The predicted octanol–water partition coefficient (Wildman–Crippen LogP) is 4.93. The molecule has 6 nitrogen and oxygen atoms in total. The molecule has 2 aromatic rings. The second-order valence-electron chi connectivity index (χ2n) is 7.99. The number of nitrogens with zero attached hydrogens (tertiary/aromatic N) is 2. The lowest BCUT2D eigenvalue weighted by molar-refractivity contribution is -0.274. The summed E-state index contributed by atoms with van der Waals surface area (Å²) in [6.45, 7) is 2.02. The number of hydrogen-bond donors (Lipinski definition) is 2. The molecule has 2 N–H and O–H groups in total. The van der Waals surface area contributed by atoms with Crippen molar-refractivity contribution in [2.24, 2.45) is 0 Å². The van der Waals surface area contributed by atoms with E-state index in [4.69, 9.17) is 0 Å². The molecule has 1 aromatic carbocycles. The van der Waals surface area contributed by atoms with Gasteiger partial charge in [-0.05, 0) is 56.4 Å². The number of carbonyl (C=O) groups excluding carboxylic acids is 1. The minimum Gasteiger partial charge on any atom is -0.406 e. The number of halogens is 4. The quantitative estimate of drug-likeness (QED) is 0.624. The van der Waals surface area contributed by atoms with Crippen molar-refractivity contribution < 1.29 is 22.7 Å². The lowest BCUT2D eigenvalue weighted by Gasteiger charge is -2.30. The Bertz CT molecular complexity index is 916. The van der Waals surface area contributed by atoms with E-state index >= 15 is 0 Å². The number of hydrogen-bond acceptors (Lipinski definition) is 5. The van der Waals surface area contributed by atoms with Gasteiger partial charge in [-0.25, -0.2) is 4.98 Å². The van der Waals surface area contributed by atoms with Crippen LogP contribution in [0, 0.1) is 6.92 Å². The number of aromatic nitrogens is 1. The van der Waals surface area contributed by atoms with E-state index in [1.165, 1.54) is 18.2 Å². The molecule has 176 valence electrons. The minimum absolute atomic E-state index is 0. The fourth-order valence-electron chi connectivity index (χ4n) is 3.77. The maximum atomic E-state index is 12.5. The van der Waals surface area contributed by atoms with Gasteiger partial charge in [0.15, 0.2) is 0 Å². The zero-order chi connectivity index (χ0) is 22.6. The zero-order valence-electron chi connectivity index (χ0n) is 18.2. The van der Waals surface area contributed by atoms with Gasteiger partial charge in [0.05, 0.1) is 0 Å². The Morgan fingerprint density at radius 3 is 2.41 bits per heavy atom. The fourth-order valence-corrected chi connectivity index (χ4v) is 3.77. The summed E-state index contributed by atoms with van der Waals surface area (Å²) < 4.78 is 41.0. The first-order valence-corrected chi connectivity index (χ1v) is 10.2. The number of ether oxygens (including phenoxy) is 1. The Hall–Kier alpha value is -2.68. The predicted molar refractivity (Wildman–Crippen MR) is 121 cm³/mol. The van der Waals surface area contributed by atoms with Crippen LogP contribution in [0.4, 0.5) is 24.7 Å². The number of rotatable bonds is 6. The van der Waals surface area contributed by atoms with E-state index in [0.29, 0.717) is 0 Å². The highest BCUT2D eigenvalue weighted by Crippen LogP contribution is 2.26. The van der Waals surface area contributed by atoms with Crippen LogP contribution in [0.25, 0.3) is 0 Å². The average Bonchev–Trinajstić information content (AvgIpc) is 2.69. The monoisotopic (exact) mass is 472 g/mol. The molecule has 1 saturated carbocycles. The number of pyridine rings is 1. The van der Waals surface area contributed by atoms with Crippen molar-refractivity contribution in [3.05, 3.63) is 47.7 Å². The van der Waals surface area contributed by atoms with Crippen LogP contribution in [0.2, 0.25) is 0 Å². The van der Waals surface area contributed by atoms with Gasteiger partial charge in [-0.3, -0.25) is 4.79 Å². The molecule has 1 amide bonds. The smallest absolute Gasteiger partial charge is 0.406 e. The Labute approximate surface area is 192 Å². The average molecular weight is 473 g/mol. The van der Waals surface area contributed by atoms with Crippen molar-refractivity contribution in [2.45, 2.75) is 51.1 Å². The van der Waals surface area contributed by atoms with Gasteiger partial charge in [-0.15, -0.1) is 25.6 Å². The van der Waals surface area contributed by atoms with E-state index in [-0.39, 0.29) is 30.1 Å². The van der Waals surface area contributed by atoms with E-state index in [1.54, 1.807) is 0 Å². The summed E-state index contributed by atoms with van der Waals surface area (Å²) in [6, 6.07) is 7.36. The molecule has 0 unspecified atom stereocenters. The summed E-state index contributed by atoms with van der Waals surface area (Å²) in [5.74, 6) is 0.0128. The Morgan fingerprint density at radius 1 is 1.12 bits per heavy atom. The van der Waals surface area contributed by atoms with Gasteiger partial charge in [0.2, 0.25) is 0 Å². The molecular weight excluding hydrogens is 445 g/mol. The molecule has 0 spiro atoms. The Morgan fingerprint density at radius 2 is 1.78 bits per heavy atom. The van der Waals surface area contributed by atoms with E-state index in [2.05, 4.69) is 20.4 Å². The SMILES string of the molecule is Cc1cnc(N[C@H]2CC[C@@H](NC(=O)c3cccc(OC(F)(F)F)c3)CC2)cc1N(C)C.Cl. The first-order valence-electron chi connectivity index (χ1n) is 10.2. The lowest BCUT2D eigenvalue weighted by atomic mass is 9.91. The van der Waals surface area contributed by atoms with E-state index < -0.39 is 18.0 Å². The molecule has 0 atom stereocenters. The summed E-state index contributed by atoms with van der Waals surface area (Å²) in [5.41, 5.74) is 2.35. The number of anilines is 2. The lowest BCUT2D eigenvalue weighted by Crippen LogP contribution is -2.40. The standard InChI is InChI=1S/C22H27F3N4O2.ClH/c1-14-13-26-20(12-19(14)29(2)3)27-16-7-9-17(10-8-16)28-21(30)15-5-4-6-18(11-15)31-22(23,24)25;/h4-6,11-13,16-17H,7-10H2,1-3H3,(H,26,27)(H,28,30);1H/t16-,17+;. The van der Waals surface area contributed by atoms with Crippen molar-refractivity contribution >= 4 is 29.8 Å². The van der Waals surface area contributed by atoms with Crippen molar-refractivity contribution in [1.82, 2.24) is 10.3 Å². The van der Waals surface area contributed by atoms with Crippen LogP contribution in [0.5, 0.6) is 5.75 Å². The van der Waals surface area contributed by atoms with Crippen LogP contribution in [0.15, 0.2) is 36.5 Å². The van der Waals surface area contributed by atoms with Crippen LogP contribution in [-0.4, -0.2) is 43.4 Å². The number of carbonyl (C=O) groups is 1. The highest BCUT2D eigenvalue weighted by atomic mass is 35.5. The maximum absolute atomic E-state index is 12.5. The van der Waals surface area contributed by atoms with Crippen molar-refractivity contribution in [1.29, 1.82) is 0 Å². The molecule has 3 rings (SSSR count). The fraction of sp³-hybridized carbons (Fsp3) is 0.455. The number of benzene rings is 1. The molecule has 1 heterocycles. The van der Waals surface area contributed by atoms with Gasteiger partial charge in [0.1, 0.15) is 11.6 Å². The van der Waals surface area contributed by atoms with E-state index in [0.717, 1.165) is 48.8 Å². The molecular formula is C22H28ClF3N4O2. The molecule has 32 heavy (non-hydrogen) atoms. The molecule has 1 aromatic heterocycles. The maximum Gasteiger partial charge on any atom is 0.573 e. The number of alkyl halides is 3. The molecule has 1 aliphatic rings. The Balaban J connectivity index is 0.00000363. The molecule has 1 aliphatic carbocycles. The third-order valence-corrected chi connectivity index (χ3v) is 5.30. The Kier molecular flexibility index (Phi) is 8.60. The van der Waals surface area contributed by atoms with Gasteiger partial charge in [-0.1, -0.05) is 6.07 Å². The second-order valence-corrected chi connectivity index (χ2v) is 7.99. The third-order valence-electron chi connectivity index (χ3n) is 5.30. The van der Waals surface area contributed by atoms with Crippen LogP contribution < -0.4 is 20.3 Å². The van der Waals surface area contributed by atoms with Gasteiger partial charge < -0.3 is 20.3 Å². The molecule has 0 bridgehead atoms. The van der Waals surface area contributed by atoms with Crippen molar-refractivity contribution in [3.8, 4) is 5.75 Å². The topological polar surface area (TPSA) is 66.5 Å². The molecule has 0 aliphatic heterocycles. The van der Waals surface area contributed by atoms with Crippen molar-refractivity contribution in [3.63, 3.8) is 0 Å². The summed E-state index contributed by atoms with van der Waals surface area (Å²) in [5, 5.41) is 6.38. The van der Waals surface area contributed by atoms with Crippen LogP contribution in [-0.2, 0) is 0 Å². The first kappa shape index (κ1) is 25.6. The largest absolute Gasteiger partial charge is 0.573 e. The van der Waals surface area contributed by atoms with Crippen LogP contribution in [0.3, 0.4) is 0 Å². The minimum atomic E-state index is -4.79. The number of aryl methyl sites for hydroxylation is 1. The third kappa shape index (κ3) is 7.19. The highest BCUT2D eigenvalue weighted by molar-refractivity contribution is 5.94. The van der Waals surface area contributed by atoms with Crippen LogP contribution in [0.1, 0.15) is 41.6 Å². The van der Waals surface area contributed by atoms with Gasteiger partial charge in [0, 0.05) is 49.7 Å². The van der Waals surface area contributed by atoms with Gasteiger partial charge >= 0.3 is 6.36 Å². The summed E-state index contributed by atoms with van der Waals surface area (Å²) in [4.78, 5) is 19.0. The van der Waals surface area contributed by atoms with Crippen LogP contribution >= 0.6 is 12.4 Å². The highest BCUT2D eigenvalue weighted by Gasteiger charge is 2.31. The van der Waals surface area contributed by atoms with Gasteiger partial charge in [-0.2, -0.15) is 0 Å². The van der Waals surface area contributed by atoms with Gasteiger partial charge in [0.25, 0.3) is 5.91 Å². The molecule has 1 fully saturated rings. The first-order chi connectivity index (χ1) is 14.6. The van der Waals surface area contributed by atoms with E-state index in [1.807, 2.05) is 38.2 Å². The normalized spacial score (nSPS) is 18.3. The molecule has 10 heteroatoms.